The summed E-state index contributed by atoms with van der Waals surface area (Å²) in [6.07, 6.45) is 4.34. The van der Waals surface area contributed by atoms with E-state index in [4.69, 9.17) is 0 Å². The van der Waals surface area contributed by atoms with E-state index >= 15 is 0 Å². The van der Waals surface area contributed by atoms with E-state index in [-0.39, 0.29) is 11.7 Å². The van der Waals surface area contributed by atoms with Crippen molar-refractivity contribution in [2.45, 2.75) is 39.2 Å². The van der Waals surface area contributed by atoms with Crippen LogP contribution in [0.1, 0.15) is 44.9 Å². The zero-order valence-electron chi connectivity index (χ0n) is 12.4. The fourth-order valence-electron chi connectivity index (χ4n) is 3.01. The average Bonchev–Trinajstić information content (AvgIpc) is 2.47. The van der Waals surface area contributed by atoms with Gasteiger partial charge in [0.2, 0.25) is 0 Å². The summed E-state index contributed by atoms with van der Waals surface area (Å²) in [6.45, 7) is 7.39. The van der Waals surface area contributed by atoms with Gasteiger partial charge in [-0.2, -0.15) is 0 Å². The predicted molar refractivity (Wildman–Crippen MR) is 77.8 cm³/mol. The third-order valence-corrected chi connectivity index (χ3v) is 4.32. The molecule has 0 bridgehead atoms. The van der Waals surface area contributed by atoms with Crippen molar-refractivity contribution < 1.29 is 9.50 Å². The van der Waals surface area contributed by atoms with E-state index in [1.165, 1.54) is 31.5 Å². The molecule has 0 amide bonds. The number of hydrogen-bond acceptors (Lipinski definition) is 3. The van der Waals surface area contributed by atoms with Crippen molar-refractivity contribution in [3.8, 4) is 0 Å². The lowest BCUT2D eigenvalue weighted by atomic mass is 9.93. The van der Waals surface area contributed by atoms with Crippen LogP contribution in [0.3, 0.4) is 0 Å². The number of aliphatic hydroxyl groups is 1. The first-order valence-electron chi connectivity index (χ1n) is 7.62. The van der Waals surface area contributed by atoms with Gasteiger partial charge in [0.25, 0.3) is 0 Å². The summed E-state index contributed by atoms with van der Waals surface area (Å²) >= 11 is 0. The minimum absolute atomic E-state index is 0.101. The molecule has 0 aliphatic carbocycles. The maximum Gasteiger partial charge on any atom is 0.141 e. The SMILES string of the molecule is CCC1CCCN(CC(C)C(O)c2ccc(F)cn2)C1. The Morgan fingerprint density at radius 1 is 1.50 bits per heavy atom. The highest BCUT2D eigenvalue weighted by atomic mass is 19.1. The van der Waals surface area contributed by atoms with Gasteiger partial charge in [0.1, 0.15) is 5.82 Å². The highest BCUT2D eigenvalue weighted by Crippen LogP contribution is 2.24. The number of pyridine rings is 1. The summed E-state index contributed by atoms with van der Waals surface area (Å²) in [4.78, 5) is 6.42. The average molecular weight is 280 g/mol. The standard InChI is InChI=1S/C16H25FN2O/c1-3-13-5-4-8-19(11-13)10-12(2)16(20)15-7-6-14(17)9-18-15/h6-7,9,12-13,16,20H,3-5,8,10-11H2,1-2H3. The first-order valence-corrected chi connectivity index (χ1v) is 7.62. The summed E-state index contributed by atoms with van der Waals surface area (Å²) in [7, 11) is 0. The zero-order valence-corrected chi connectivity index (χ0v) is 12.4. The predicted octanol–water partition coefficient (Wildman–Crippen LogP) is 3.01. The van der Waals surface area contributed by atoms with Crippen LogP contribution in [0.15, 0.2) is 18.3 Å². The van der Waals surface area contributed by atoms with Crippen molar-refractivity contribution in [2.24, 2.45) is 11.8 Å². The molecule has 112 valence electrons. The highest BCUT2D eigenvalue weighted by Gasteiger charge is 2.24. The molecular weight excluding hydrogens is 255 g/mol. The second-order valence-electron chi connectivity index (χ2n) is 6.00. The fourth-order valence-corrected chi connectivity index (χ4v) is 3.01. The number of aromatic nitrogens is 1. The van der Waals surface area contributed by atoms with Crippen LogP contribution in [-0.4, -0.2) is 34.6 Å². The van der Waals surface area contributed by atoms with E-state index < -0.39 is 6.10 Å². The Labute approximate surface area is 120 Å². The molecule has 3 unspecified atom stereocenters. The van der Waals surface area contributed by atoms with Crippen LogP contribution in [0.25, 0.3) is 0 Å². The highest BCUT2D eigenvalue weighted by molar-refractivity contribution is 5.08. The zero-order chi connectivity index (χ0) is 14.5. The third-order valence-electron chi connectivity index (χ3n) is 4.32. The number of piperidine rings is 1. The van der Waals surface area contributed by atoms with Gasteiger partial charge >= 0.3 is 0 Å². The van der Waals surface area contributed by atoms with Crippen molar-refractivity contribution in [1.29, 1.82) is 0 Å². The Hall–Kier alpha value is -1.00. The van der Waals surface area contributed by atoms with Crippen molar-refractivity contribution in [1.82, 2.24) is 9.88 Å². The molecule has 0 saturated carbocycles. The Morgan fingerprint density at radius 2 is 2.30 bits per heavy atom. The number of rotatable bonds is 5. The van der Waals surface area contributed by atoms with Crippen LogP contribution >= 0.6 is 0 Å². The Morgan fingerprint density at radius 3 is 2.95 bits per heavy atom. The maximum atomic E-state index is 12.9. The normalized spacial score (nSPS) is 23.5. The number of aliphatic hydroxyl groups excluding tert-OH is 1. The molecule has 1 aliphatic heterocycles. The lowest BCUT2D eigenvalue weighted by molar-refractivity contribution is 0.0688. The smallest absolute Gasteiger partial charge is 0.141 e. The van der Waals surface area contributed by atoms with E-state index in [9.17, 15) is 9.50 Å². The Kier molecular flexibility index (Phi) is 5.49. The summed E-state index contributed by atoms with van der Waals surface area (Å²) in [6, 6.07) is 2.92. The van der Waals surface area contributed by atoms with Crippen molar-refractivity contribution in [2.75, 3.05) is 19.6 Å². The maximum absolute atomic E-state index is 12.9. The molecule has 0 radical (unpaired) electrons. The molecule has 2 heterocycles. The monoisotopic (exact) mass is 280 g/mol. The van der Waals surface area contributed by atoms with Gasteiger partial charge in [-0.25, -0.2) is 4.39 Å². The summed E-state index contributed by atoms with van der Waals surface area (Å²) in [5.74, 6) is 0.524. The molecule has 20 heavy (non-hydrogen) atoms. The molecule has 0 spiro atoms. The summed E-state index contributed by atoms with van der Waals surface area (Å²) < 4.78 is 12.9. The number of hydrogen-bond donors (Lipinski definition) is 1. The molecule has 1 aromatic heterocycles. The summed E-state index contributed by atoms with van der Waals surface area (Å²) in [5, 5.41) is 10.3. The minimum atomic E-state index is -0.627. The van der Waals surface area contributed by atoms with E-state index in [1.54, 1.807) is 6.07 Å². The lowest BCUT2D eigenvalue weighted by Gasteiger charge is -2.34. The van der Waals surface area contributed by atoms with Gasteiger partial charge in [0, 0.05) is 19.0 Å². The topological polar surface area (TPSA) is 36.4 Å². The van der Waals surface area contributed by atoms with E-state index in [0.717, 1.165) is 25.6 Å². The Bertz CT molecular complexity index is 409. The van der Waals surface area contributed by atoms with Crippen molar-refractivity contribution in [3.63, 3.8) is 0 Å². The molecule has 1 fully saturated rings. The third kappa shape index (κ3) is 4.00. The second kappa shape index (κ2) is 7.14. The van der Waals surface area contributed by atoms with Gasteiger partial charge in [-0.3, -0.25) is 4.98 Å². The molecule has 1 aliphatic rings. The van der Waals surface area contributed by atoms with Crippen LogP contribution in [-0.2, 0) is 0 Å². The first kappa shape index (κ1) is 15.4. The fraction of sp³-hybridized carbons (Fsp3) is 0.688. The number of halogens is 1. The molecule has 2 rings (SSSR count). The van der Waals surface area contributed by atoms with Crippen LogP contribution in [0, 0.1) is 17.7 Å². The molecule has 1 aromatic rings. The largest absolute Gasteiger partial charge is 0.386 e. The first-order chi connectivity index (χ1) is 9.60. The molecule has 1 saturated heterocycles. The van der Waals surface area contributed by atoms with Gasteiger partial charge in [0.05, 0.1) is 18.0 Å². The van der Waals surface area contributed by atoms with Gasteiger partial charge in [0.15, 0.2) is 0 Å². The molecule has 4 heteroatoms. The molecule has 1 N–H and O–H groups in total. The van der Waals surface area contributed by atoms with Crippen LogP contribution in [0.5, 0.6) is 0 Å². The lowest BCUT2D eigenvalue weighted by Crippen LogP contribution is -2.39. The quantitative estimate of drug-likeness (QED) is 0.900. The van der Waals surface area contributed by atoms with Gasteiger partial charge in [-0.15, -0.1) is 0 Å². The van der Waals surface area contributed by atoms with Crippen LogP contribution in [0.2, 0.25) is 0 Å². The number of nitrogens with zero attached hydrogens (tertiary/aromatic N) is 2. The Balaban J connectivity index is 1.90. The van der Waals surface area contributed by atoms with E-state index in [0.29, 0.717) is 5.69 Å². The summed E-state index contributed by atoms with van der Waals surface area (Å²) in [5.41, 5.74) is 0.558. The van der Waals surface area contributed by atoms with Gasteiger partial charge in [-0.1, -0.05) is 20.3 Å². The van der Waals surface area contributed by atoms with Gasteiger partial charge in [-0.05, 0) is 37.4 Å². The number of likely N-dealkylation sites (tertiary alicyclic amines) is 1. The van der Waals surface area contributed by atoms with E-state index in [2.05, 4.69) is 16.8 Å². The molecule has 3 atom stereocenters. The van der Waals surface area contributed by atoms with Crippen molar-refractivity contribution >= 4 is 0 Å². The minimum Gasteiger partial charge on any atom is -0.386 e. The molecular formula is C16H25FN2O. The second-order valence-corrected chi connectivity index (χ2v) is 6.00. The molecule has 0 aromatic carbocycles. The molecule has 3 nitrogen and oxygen atoms in total. The van der Waals surface area contributed by atoms with Crippen molar-refractivity contribution in [3.05, 3.63) is 29.8 Å². The van der Waals surface area contributed by atoms with Crippen LogP contribution in [0.4, 0.5) is 4.39 Å². The van der Waals surface area contributed by atoms with E-state index in [1.807, 2.05) is 6.92 Å². The van der Waals surface area contributed by atoms with Crippen LogP contribution < -0.4 is 0 Å². The van der Waals surface area contributed by atoms with Gasteiger partial charge < -0.3 is 10.0 Å².